The number of rotatable bonds is 6. The van der Waals surface area contributed by atoms with Crippen LogP contribution in [0.2, 0.25) is 0 Å². The summed E-state index contributed by atoms with van der Waals surface area (Å²) in [7, 11) is 0. The topological polar surface area (TPSA) is 29.5 Å². The van der Waals surface area contributed by atoms with Gasteiger partial charge in [-0.25, -0.2) is 4.79 Å². The molecule has 0 bridgehead atoms. The summed E-state index contributed by atoms with van der Waals surface area (Å²) >= 11 is 0. The van der Waals surface area contributed by atoms with Gasteiger partial charge >= 0.3 is 5.97 Å². The standard InChI is InChI=1S/C27H21NO2/c1-2-27(29)30-26-15-9-10-22(20-26)21-16-18-25(19-17-21)28(23-11-5-3-6-12-23)24-13-7-4-8-14-24/h2-20H,1H2. The Balaban J connectivity index is 1.67. The molecule has 0 atom stereocenters. The molecule has 146 valence electrons. The number of hydrogen-bond donors (Lipinski definition) is 0. The predicted octanol–water partition coefficient (Wildman–Crippen LogP) is 6.91. The van der Waals surface area contributed by atoms with Crippen molar-refractivity contribution in [2.24, 2.45) is 0 Å². The second kappa shape index (κ2) is 8.93. The monoisotopic (exact) mass is 391 g/mol. The molecule has 3 heteroatoms. The second-order valence-electron chi connectivity index (χ2n) is 6.71. The Hall–Kier alpha value is -4.11. The van der Waals surface area contributed by atoms with Gasteiger partial charge in [0.15, 0.2) is 0 Å². The fraction of sp³-hybridized carbons (Fsp3) is 0. The Kier molecular flexibility index (Phi) is 5.72. The lowest BCUT2D eigenvalue weighted by atomic mass is 10.0. The number of nitrogens with zero attached hydrogens (tertiary/aromatic N) is 1. The number of benzene rings is 4. The van der Waals surface area contributed by atoms with E-state index in [-0.39, 0.29) is 0 Å². The second-order valence-corrected chi connectivity index (χ2v) is 6.71. The minimum absolute atomic E-state index is 0.469. The Bertz CT molecular complexity index is 1100. The maximum atomic E-state index is 11.5. The van der Waals surface area contributed by atoms with Crippen LogP contribution in [0.1, 0.15) is 0 Å². The summed E-state index contributed by atoms with van der Waals surface area (Å²) in [5.41, 5.74) is 5.26. The van der Waals surface area contributed by atoms with Gasteiger partial charge in [0.2, 0.25) is 0 Å². The van der Waals surface area contributed by atoms with Crippen LogP contribution in [0.3, 0.4) is 0 Å². The molecule has 4 aromatic carbocycles. The first kappa shape index (κ1) is 19.2. The molecule has 0 saturated heterocycles. The van der Waals surface area contributed by atoms with Crippen LogP contribution >= 0.6 is 0 Å². The lowest BCUT2D eigenvalue weighted by Gasteiger charge is -2.25. The van der Waals surface area contributed by atoms with Gasteiger partial charge in [-0.3, -0.25) is 0 Å². The third kappa shape index (κ3) is 4.31. The van der Waals surface area contributed by atoms with Crippen LogP contribution in [0.4, 0.5) is 17.1 Å². The first-order chi connectivity index (χ1) is 14.7. The van der Waals surface area contributed by atoms with Gasteiger partial charge in [-0.2, -0.15) is 0 Å². The third-order valence-electron chi connectivity index (χ3n) is 4.71. The third-order valence-corrected chi connectivity index (χ3v) is 4.71. The highest BCUT2D eigenvalue weighted by atomic mass is 16.5. The SMILES string of the molecule is C=CC(=O)Oc1cccc(-c2ccc(N(c3ccccc3)c3ccccc3)cc2)c1. The molecule has 0 spiro atoms. The van der Waals surface area contributed by atoms with Gasteiger partial charge in [-0.05, 0) is 59.7 Å². The van der Waals surface area contributed by atoms with Gasteiger partial charge in [0.05, 0.1) is 0 Å². The zero-order valence-corrected chi connectivity index (χ0v) is 16.4. The number of ether oxygens (including phenoxy) is 1. The zero-order chi connectivity index (χ0) is 20.8. The molecule has 0 aromatic heterocycles. The number of carbonyl (C=O) groups excluding carboxylic acids is 1. The van der Waals surface area contributed by atoms with Crippen molar-refractivity contribution in [1.82, 2.24) is 0 Å². The van der Waals surface area contributed by atoms with Crippen LogP contribution in [0.25, 0.3) is 11.1 Å². The molecule has 0 heterocycles. The van der Waals surface area contributed by atoms with Crippen LogP contribution in [0, 0.1) is 0 Å². The summed E-state index contributed by atoms with van der Waals surface area (Å²) in [6, 6.07) is 36.4. The molecule has 0 aliphatic carbocycles. The first-order valence-corrected chi connectivity index (χ1v) is 9.69. The average molecular weight is 391 g/mol. The summed E-state index contributed by atoms with van der Waals surface area (Å²) in [6.45, 7) is 3.43. The Morgan fingerprint density at radius 3 is 1.80 bits per heavy atom. The molecular weight excluding hydrogens is 370 g/mol. The molecule has 0 unspecified atom stereocenters. The van der Waals surface area contributed by atoms with Crippen molar-refractivity contribution in [2.45, 2.75) is 0 Å². The van der Waals surface area contributed by atoms with Gasteiger partial charge in [-0.15, -0.1) is 0 Å². The molecule has 0 radical (unpaired) electrons. The number of carbonyl (C=O) groups is 1. The smallest absolute Gasteiger partial charge is 0.335 e. The summed E-state index contributed by atoms with van der Waals surface area (Å²) in [5.74, 6) is 0.0283. The van der Waals surface area contributed by atoms with Crippen LogP contribution < -0.4 is 9.64 Å². The molecule has 30 heavy (non-hydrogen) atoms. The van der Waals surface area contributed by atoms with Crippen molar-refractivity contribution in [3.63, 3.8) is 0 Å². The molecule has 4 aromatic rings. The number of esters is 1. The highest BCUT2D eigenvalue weighted by molar-refractivity contribution is 5.84. The summed E-state index contributed by atoms with van der Waals surface area (Å²) in [5, 5.41) is 0. The number of para-hydroxylation sites is 2. The van der Waals surface area contributed by atoms with E-state index >= 15 is 0 Å². The molecule has 3 nitrogen and oxygen atoms in total. The maximum Gasteiger partial charge on any atom is 0.335 e. The van der Waals surface area contributed by atoms with Crippen LogP contribution in [0.15, 0.2) is 122 Å². The molecule has 0 fully saturated rings. The van der Waals surface area contributed by atoms with Crippen molar-refractivity contribution in [2.75, 3.05) is 4.90 Å². The van der Waals surface area contributed by atoms with E-state index in [1.807, 2.05) is 54.6 Å². The largest absolute Gasteiger partial charge is 0.423 e. The molecule has 0 saturated carbocycles. The Morgan fingerprint density at radius 1 is 0.667 bits per heavy atom. The molecular formula is C27H21NO2. The van der Waals surface area contributed by atoms with E-state index in [1.54, 1.807) is 6.07 Å². The van der Waals surface area contributed by atoms with E-state index in [1.165, 1.54) is 0 Å². The minimum atomic E-state index is -0.469. The zero-order valence-electron chi connectivity index (χ0n) is 16.4. The van der Waals surface area contributed by atoms with Crippen LogP contribution in [-0.2, 0) is 4.79 Å². The maximum absolute atomic E-state index is 11.5. The predicted molar refractivity (Wildman–Crippen MR) is 122 cm³/mol. The molecule has 0 N–H and O–H groups in total. The molecule has 0 aliphatic heterocycles. The normalized spacial score (nSPS) is 10.3. The van der Waals surface area contributed by atoms with Crippen LogP contribution in [0.5, 0.6) is 5.75 Å². The molecule has 4 rings (SSSR count). The Labute approximate surface area is 176 Å². The highest BCUT2D eigenvalue weighted by Crippen LogP contribution is 2.35. The van der Waals surface area contributed by atoms with Crippen molar-refractivity contribution in [3.05, 3.63) is 122 Å². The van der Waals surface area contributed by atoms with E-state index in [9.17, 15) is 4.79 Å². The number of hydrogen-bond acceptors (Lipinski definition) is 3. The summed E-state index contributed by atoms with van der Waals surface area (Å²) in [6.07, 6.45) is 1.16. The van der Waals surface area contributed by atoms with Crippen molar-refractivity contribution >= 4 is 23.0 Å². The van der Waals surface area contributed by atoms with Crippen molar-refractivity contribution < 1.29 is 9.53 Å². The van der Waals surface area contributed by atoms with Gasteiger partial charge in [0.25, 0.3) is 0 Å². The number of anilines is 3. The fourth-order valence-corrected chi connectivity index (χ4v) is 3.30. The highest BCUT2D eigenvalue weighted by Gasteiger charge is 2.12. The fourth-order valence-electron chi connectivity index (χ4n) is 3.30. The van der Waals surface area contributed by atoms with Crippen molar-refractivity contribution in [1.29, 1.82) is 0 Å². The van der Waals surface area contributed by atoms with Gasteiger partial charge in [-0.1, -0.05) is 67.2 Å². The van der Waals surface area contributed by atoms with Crippen LogP contribution in [-0.4, -0.2) is 5.97 Å². The van der Waals surface area contributed by atoms with Gasteiger partial charge < -0.3 is 9.64 Å². The lowest BCUT2D eigenvalue weighted by Crippen LogP contribution is -2.09. The van der Waals surface area contributed by atoms with Crippen molar-refractivity contribution in [3.8, 4) is 16.9 Å². The van der Waals surface area contributed by atoms with E-state index in [4.69, 9.17) is 4.74 Å². The first-order valence-electron chi connectivity index (χ1n) is 9.69. The quantitative estimate of drug-likeness (QED) is 0.203. The summed E-state index contributed by atoms with van der Waals surface area (Å²) < 4.78 is 5.24. The molecule has 0 aliphatic rings. The van der Waals surface area contributed by atoms with E-state index in [0.29, 0.717) is 5.75 Å². The van der Waals surface area contributed by atoms with E-state index < -0.39 is 5.97 Å². The van der Waals surface area contributed by atoms with Gasteiger partial charge in [0.1, 0.15) is 5.75 Å². The minimum Gasteiger partial charge on any atom is -0.423 e. The van der Waals surface area contributed by atoms with E-state index in [2.05, 4.69) is 60.0 Å². The summed E-state index contributed by atoms with van der Waals surface area (Å²) in [4.78, 5) is 13.7. The van der Waals surface area contributed by atoms with E-state index in [0.717, 1.165) is 34.3 Å². The average Bonchev–Trinajstić information content (AvgIpc) is 2.81. The Morgan fingerprint density at radius 2 is 1.23 bits per heavy atom. The lowest BCUT2D eigenvalue weighted by molar-refractivity contribution is -0.128. The van der Waals surface area contributed by atoms with Gasteiger partial charge in [0, 0.05) is 23.1 Å². The molecule has 0 amide bonds.